The maximum absolute atomic E-state index is 13.8. The lowest BCUT2D eigenvalue weighted by atomic mass is 9.87. The zero-order chi connectivity index (χ0) is 21.4. The molecular weight excluding hydrogens is 413 g/mol. The predicted octanol–water partition coefficient (Wildman–Crippen LogP) is 3.29. The molecule has 2 aromatic rings. The molecule has 2 atom stereocenters. The normalized spacial score (nSPS) is 21.8. The Morgan fingerprint density at radius 1 is 1.17 bits per heavy atom. The molecule has 0 saturated heterocycles. The molecule has 10 heteroatoms. The lowest BCUT2D eigenvalue weighted by Crippen LogP contribution is -2.49. The van der Waals surface area contributed by atoms with Gasteiger partial charge in [0.05, 0.1) is 25.0 Å². The van der Waals surface area contributed by atoms with Gasteiger partial charge >= 0.3 is 6.18 Å². The average Bonchev–Trinajstić information content (AvgIpc) is 2.65. The average molecular weight is 432 g/mol. The zero-order valence-electron chi connectivity index (χ0n) is 15.6. The maximum Gasteiger partial charge on any atom is 0.396 e. The van der Waals surface area contributed by atoms with E-state index in [4.69, 9.17) is 14.2 Å². The van der Waals surface area contributed by atoms with Crippen LogP contribution in [0.2, 0.25) is 0 Å². The highest BCUT2D eigenvalue weighted by Crippen LogP contribution is 2.53. The number of alkyl halides is 3. The Balaban J connectivity index is 2.08. The summed E-state index contributed by atoms with van der Waals surface area (Å²) >= 11 is 0. The van der Waals surface area contributed by atoms with E-state index >= 15 is 0 Å². The van der Waals surface area contributed by atoms with Gasteiger partial charge in [-0.2, -0.15) is 13.2 Å². The van der Waals surface area contributed by atoms with Crippen LogP contribution in [0.1, 0.15) is 17.9 Å². The van der Waals surface area contributed by atoms with Gasteiger partial charge in [-0.25, -0.2) is 8.42 Å². The van der Waals surface area contributed by atoms with Crippen molar-refractivity contribution in [3.05, 3.63) is 48.0 Å². The van der Waals surface area contributed by atoms with Gasteiger partial charge in [-0.1, -0.05) is 18.2 Å². The molecule has 0 amide bonds. The van der Waals surface area contributed by atoms with Crippen LogP contribution in [-0.4, -0.2) is 45.5 Å². The summed E-state index contributed by atoms with van der Waals surface area (Å²) in [4.78, 5) is -0.130. The van der Waals surface area contributed by atoms with Crippen molar-refractivity contribution in [3.63, 3.8) is 0 Å². The summed E-state index contributed by atoms with van der Waals surface area (Å²) in [6.45, 7) is 0. The van der Waals surface area contributed by atoms with E-state index in [1.165, 1.54) is 44.6 Å². The van der Waals surface area contributed by atoms with E-state index in [1.54, 1.807) is 6.07 Å². The number of ether oxygens (including phenoxy) is 3. The van der Waals surface area contributed by atoms with Crippen LogP contribution in [0.3, 0.4) is 0 Å². The van der Waals surface area contributed by atoms with E-state index in [0.717, 1.165) is 6.07 Å². The van der Waals surface area contributed by atoms with Gasteiger partial charge in [0, 0.05) is 24.1 Å². The summed E-state index contributed by atoms with van der Waals surface area (Å²) in [5.41, 5.74) is -0.317. The smallest absolute Gasteiger partial charge is 0.396 e. The van der Waals surface area contributed by atoms with Gasteiger partial charge in [-0.05, 0) is 12.1 Å². The third-order valence-electron chi connectivity index (χ3n) is 4.62. The predicted molar refractivity (Wildman–Crippen MR) is 97.0 cm³/mol. The monoisotopic (exact) mass is 432 g/mol. The van der Waals surface area contributed by atoms with E-state index in [2.05, 4.69) is 0 Å². The number of sulfone groups is 1. The van der Waals surface area contributed by atoms with Crippen LogP contribution in [0.4, 0.5) is 13.2 Å². The summed E-state index contributed by atoms with van der Waals surface area (Å²) in [5, 5.41) is 10.8. The minimum absolute atomic E-state index is 0.130. The van der Waals surface area contributed by atoms with Crippen LogP contribution >= 0.6 is 0 Å². The maximum atomic E-state index is 13.8. The Labute approximate surface area is 165 Å². The molecule has 1 heterocycles. The largest absolute Gasteiger partial charge is 0.496 e. The van der Waals surface area contributed by atoms with E-state index in [9.17, 15) is 26.7 Å². The summed E-state index contributed by atoms with van der Waals surface area (Å²) in [6, 6.07) is 9.57. The summed E-state index contributed by atoms with van der Waals surface area (Å²) < 4.78 is 82.2. The van der Waals surface area contributed by atoms with E-state index in [0.29, 0.717) is 0 Å². The summed E-state index contributed by atoms with van der Waals surface area (Å²) in [7, 11) is -1.63. The third-order valence-corrected chi connectivity index (χ3v) is 6.44. The van der Waals surface area contributed by atoms with E-state index < -0.39 is 39.9 Å². The SMILES string of the molecule is COc1cc(OC)c2c(c1)OC(O)(CS(=O)(=O)c1ccccc1)C[C@@H]2C(F)(F)F. The Kier molecular flexibility index (Phi) is 5.44. The molecular formula is C19H19F3O6S. The van der Waals surface area contributed by atoms with Gasteiger partial charge in [-0.3, -0.25) is 0 Å². The molecule has 29 heavy (non-hydrogen) atoms. The molecule has 0 bridgehead atoms. The standard InChI is InChI=1S/C19H19F3O6S/c1-26-12-8-15(27-2)17-14(19(20,21)22)10-18(23,28-16(17)9-12)11-29(24,25)13-6-4-3-5-7-13/h3-9,14,23H,10-11H2,1-2H3/t14-,18?/m0/s1. The van der Waals surface area contributed by atoms with Crippen LogP contribution in [0.5, 0.6) is 17.2 Å². The first kappa shape index (κ1) is 21.3. The fourth-order valence-electron chi connectivity index (χ4n) is 3.33. The molecule has 1 aliphatic heterocycles. The molecule has 0 saturated carbocycles. The molecule has 0 spiro atoms. The summed E-state index contributed by atoms with van der Waals surface area (Å²) in [5.74, 6) is -6.18. The van der Waals surface area contributed by atoms with Crippen molar-refractivity contribution in [1.82, 2.24) is 0 Å². The molecule has 1 N–H and O–H groups in total. The second-order valence-corrected chi connectivity index (χ2v) is 8.65. The molecule has 6 nitrogen and oxygen atoms in total. The van der Waals surface area contributed by atoms with Crippen molar-refractivity contribution < 1.29 is 40.9 Å². The fourth-order valence-corrected chi connectivity index (χ4v) is 4.84. The van der Waals surface area contributed by atoms with Crippen LogP contribution in [0.25, 0.3) is 0 Å². The topological polar surface area (TPSA) is 82.1 Å². The minimum atomic E-state index is -4.77. The molecule has 0 aliphatic carbocycles. The number of rotatable bonds is 5. The number of fused-ring (bicyclic) bond motifs is 1. The second kappa shape index (κ2) is 7.42. The molecule has 1 aliphatic rings. The van der Waals surface area contributed by atoms with Gasteiger partial charge in [-0.15, -0.1) is 0 Å². The van der Waals surface area contributed by atoms with Gasteiger partial charge < -0.3 is 19.3 Å². The highest BCUT2D eigenvalue weighted by Gasteiger charge is 2.54. The highest BCUT2D eigenvalue weighted by atomic mass is 32.2. The lowest BCUT2D eigenvalue weighted by molar-refractivity contribution is -0.201. The molecule has 3 rings (SSSR count). The third kappa shape index (κ3) is 4.27. The Morgan fingerprint density at radius 3 is 2.38 bits per heavy atom. The van der Waals surface area contributed by atoms with Crippen LogP contribution in [0, 0.1) is 0 Å². The van der Waals surface area contributed by atoms with Crippen molar-refractivity contribution in [3.8, 4) is 17.2 Å². The number of hydrogen-bond acceptors (Lipinski definition) is 6. The Bertz CT molecular complexity index is 991. The Morgan fingerprint density at radius 2 is 1.83 bits per heavy atom. The molecule has 158 valence electrons. The van der Waals surface area contributed by atoms with Crippen LogP contribution < -0.4 is 14.2 Å². The van der Waals surface area contributed by atoms with Gasteiger partial charge in [0.2, 0.25) is 5.79 Å². The lowest BCUT2D eigenvalue weighted by Gasteiger charge is -2.39. The first-order valence-corrected chi connectivity index (χ1v) is 10.2. The van der Waals surface area contributed by atoms with Crippen LogP contribution in [-0.2, 0) is 9.84 Å². The Hall–Kier alpha value is -2.46. The van der Waals surface area contributed by atoms with Crippen molar-refractivity contribution in [2.75, 3.05) is 20.0 Å². The van der Waals surface area contributed by atoms with Crippen LogP contribution in [0.15, 0.2) is 47.4 Å². The van der Waals surface area contributed by atoms with Gasteiger partial charge in [0.15, 0.2) is 9.84 Å². The van der Waals surface area contributed by atoms with Gasteiger partial charge in [0.25, 0.3) is 0 Å². The first-order valence-electron chi connectivity index (χ1n) is 8.51. The van der Waals surface area contributed by atoms with Gasteiger partial charge in [0.1, 0.15) is 23.0 Å². The number of aliphatic hydroxyl groups is 1. The fraction of sp³-hybridized carbons (Fsp3) is 0.368. The number of halogens is 3. The number of benzene rings is 2. The summed E-state index contributed by atoms with van der Waals surface area (Å²) in [6.07, 6.45) is -5.77. The molecule has 2 aromatic carbocycles. The van der Waals surface area contributed by atoms with E-state index in [1.807, 2.05) is 0 Å². The number of hydrogen-bond donors (Lipinski definition) is 1. The zero-order valence-corrected chi connectivity index (χ0v) is 16.4. The molecule has 0 radical (unpaired) electrons. The van der Waals surface area contributed by atoms with Crippen molar-refractivity contribution in [2.24, 2.45) is 0 Å². The quantitative estimate of drug-likeness (QED) is 0.781. The molecule has 0 fully saturated rings. The minimum Gasteiger partial charge on any atom is -0.496 e. The second-order valence-electron chi connectivity index (χ2n) is 6.66. The van der Waals surface area contributed by atoms with Crippen molar-refractivity contribution >= 4 is 9.84 Å². The number of methoxy groups -OCH3 is 2. The molecule has 0 aromatic heterocycles. The highest BCUT2D eigenvalue weighted by molar-refractivity contribution is 7.91. The van der Waals surface area contributed by atoms with Crippen molar-refractivity contribution in [1.29, 1.82) is 0 Å². The van der Waals surface area contributed by atoms with E-state index in [-0.39, 0.29) is 27.7 Å². The molecule has 1 unspecified atom stereocenters. The first-order chi connectivity index (χ1) is 13.5. The van der Waals surface area contributed by atoms with Crippen molar-refractivity contribution in [2.45, 2.75) is 29.2 Å².